The molecule has 0 saturated carbocycles. The molecular weight excluding hydrogens is 224 g/mol. The summed E-state index contributed by atoms with van der Waals surface area (Å²) in [6.07, 6.45) is 3.50. The fourth-order valence-corrected chi connectivity index (χ4v) is 1.87. The molecular formula is C15H24N2O. The van der Waals surface area contributed by atoms with Gasteiger partial charge in [-0.05, 0) is 32.4 Å². The molecule has 1 rings (SSSR count). The zero-order chi connectivity index (χ0) is 13.4. The van der Waals surface area contributed by atoms with Crippen LogP contribution in [0.15, 0.2) is 30.3 Å². The van der Waals surface area contributed by atoms with Gasteiger partial charge < -0.3 is 10.6 Å². The monoisotopic (exact) mass is 248 g/mol. The van der Waals surface area contributed by atoms with Crippen molar-refractivity contribution in [3.05, 3.63) is 30.3 Å². The van der Waals surface area contributed by atoms with Crippen molar-refractivity contribution >= 4 is 11.6 Å². The number of para-hydroxylation sites is 1. The summed E-state index contributed by atoms with van der Waals surface area (Å²) < 4.78 is 0. The van der Waals surface area contributed by atoms with Crippen molar-refractivity contribution < 1.29 is 4.79 Å². The summed E-state index contributed by atoms with van der Waals surface area (Å²) in [5.41, 5.74) is 0.845. The predicted octanol–water partition coefficient (Wildman–Crippen LogP) is 3.18. The Bertz CT molecular complexity index is 351. The second kappa shape index (κ2) is 7.88. The molecule has 100 valence electrons. The second-order valence-corrected chi connectivity index (χ2v) is 4.79. The van der Waals surface area contributed by atoms with Crippen LogP contribution in [0.3, 0.4) is 0 Å². The second-order valence-electron chi connectivity index (χ2n) is 4.79. The van der Waals surface area contributed by atoms with Crippen molar-refractivity contribution in [2.45, 2.75) is 52.1 Å². The summed E-state index contributed by atoms with van der Waals surface area (Å²) in [4.78, 5) is 11.9. The van der Waals surface area contributed by atoms with Crippen molar-refractivity contribution in [2.75, 3.05) is 5.32 Å². The van der Waals surface area contributed by atoms with Crippen LogP contribution in [0.1, 0.15) is 40.0 Å². The first-order valence-corrected chi connectivity index (χ1v) is 6.75. The summed E-state index contributed by atoms with van der Waals surface area (Å²) in [6.45, 7) is 6.21. The average Bonchev–Trinajstić information content (AvgIpc) is 2.37. The number of carbonyl (C=O) groups is 1. The Kier molecular flexibility index (Phi) is 6.44. The molecule has 18 heavy (non-hydrogen) atoms. The van der Waals surface area contributed by atoms with E-state index in [1.54, 1.807) is 0 Å². The van der Waals surface area contributed by atoms with Gasteiger partial charge >= 0.3 is 0 Å². The SMILES string of the molecule is CCCCC(C)NC(C)C(=O)Nc1ccccc1. The van der Waals surface area contributed by atoms with Crippen molar-refractivity contribution in [1.29, 1.82) is 0 Å². The van der Waals surface area contributed by atoms with Crippen LogP contribution in [0, 0.1) is 0 Å². The van der Waals surface area contributed by atoms with Crippen LogP contribution in [-0.4, -0.2) is 18.0 Å². The zero-order valence-corrected chi connectivity index (χ0v) is 11.6. The summed E-state index contributed by atoms with van der Waals surface area (Å²) in [7, 11) is 0. The van der Waals surface area contributed by atoms with E-state index in [-0.39, 0.29) is 11.9 Å². The summed E-state index contributed by atoms with van der Waals surface area (Å²) in [6, 6.07) is 9.76. The minimum Gasteiger partial charge on any atom is -0.325 e. The van der Waals surface area contributed by atoms with Crippen molar-refractivity contribution in [3.8, 4) is 0 Å². The largest absolute Gasteiger partial charge is 0.325 e. The quantitative estimate of drug-likeness (QED) is 0.778. The zero-order valence-electron chi connectivity index (χ0n) is 11.6. The van der Waals surface area contributed by atoms with Gasteiger partial charge in [0.2, 0.25) is 5.91 Å². The Morgan fingerprint density at radius 3 is 2.50 bits per heavy atom. The lowest BCUT2D eigenvalue weighted by atomic mass is 10.1. The Hall–Kier alpha value is -1.35. The number of amides is 1. The molecule has 0 heterocycles. The summed E-state index contributed by atoms with van der Waals surface area (Å²) >= 11 is 0. The van der Waals surface area contributed by atoms with Gasteiger partial charge in [-0.15, -0.1) is 0 Å². The maximum atomic E-state index is 11.9. The molecule has 0 aliphatic heterocycles. The maximum Gasteiger partial charge on any atom is 0.241 e. The molecule has 0 aliphatic rings. The van der Waals surface area contributed by atoms with Crippen LogP contribution >= 0.6 is 0 Å². The van der Waals surface area contributed by atoms with Gasteiger partial charge in [-0.1, -0.05) is 38.0 Å². The van der Waals surface area contributed by atoms with Crippen molar-refractivity contribution in [3.63, 3.8) is 0 Å². The highest BCUT2D eigenvalue weighted by Crippen LogP contribution is 2.06. The van der Waals surface area contributed by atoms with E-state index in [2.05, 4.69) is 24.5 Å². The van der Waals surface area contributed by atoms with Crippen LogP contribution < -0.4 is 10.6 Å². The van der Waals surface area contributed by atoms with Gasteiger partial charge in [-0.25, -0.2) is 0 Å². The minimum absolute atomic E-state index is 0.0181. The van der Waals surface area contributed by atoms with E-state index in [9.17, 15) is 4.79 Å². The normalized spacial score (nSPS) is 13.9. The molecule has 1 aromatic rings. The summed E-state index contributed by atoms with van der Waals surface area (Å²) in [5, 5.41) is 6.22. The van der Waals surface area contributed by atoms with Crippen LogP contribution in [0.5, 0.6) is 0 Å². The molecule has 0 radical (unpaired) electrons. The third-order valence-corrected chi connectivity index (χ3v) is 2.96. The van der Waals surface area contributed by atoms with E-state index in [0.717, 1.165) is 12.1 Å². The van der Waals surface area contributed by atoms with Crippen molar-refractivity contribution in [1.82, 2.24) is 5.32 Å². The average molecular weight is 248 g/mol. The Morgan fingerprint density at radius 2 is 1.89 bits per heavy atom. The van der Waals surface area contributed by atoms with Crippen LogP contribution in [0.4, 0.5) is 5.69 Å². The molecule has 0 fully saturated rings. The number of hydrogen-bond donors (Lipinski definition) is 2. The van der Waals surface area contributed by atoms with E-state index in [1.807, 2.05) is 37.3 Å². The lowest BCUT2D eigenvalue weighted by molar-refractivity contribution is -0.117. The van der Waals surface area contributed by atoms with Gasteiger partial charge in [-0.2, -0.15) is 0 Å². The number of benzene rings is 1. The van der Waals surface area contributed by atoms with Crippen LogP contribution in [0.2, 0.25) is 0 Å². The number of nitrogens with one attached hydrogen (secondary N) is 2. The van der Waals surface area contributed by atoms with Gasteiger partial charge in [0.25, 0.3) is 0 Å². The number of unbranched alkanes of at least 4 members (excludes halogenated alkanes) is 1. The third-order valence-electron chi connectivity index (χ3n) is 2.96. The van der Waals surface area contributed by atoms with E-state index in [0.29, 0.717) is 6.04 Å². The Balaban J connectivity index is 2.37. The van der Waals surface area contributed by atoms with Gasteiger partial charge in [-0.3, -0.25) is 4.79 Å². The first-order valence-electron chi connectivity index (χ1n) is 6.75. The summed E-state index contributed by atoms with van der Waals surface area (Å²) in [5.74, 6) is 0.0181. The lowest BCUT2D eigenvalue weighted by Crippen LogP contribution is -2.42. The number of carbonyl (C=O) groups excluding carboxylic acids is 1. The predicted molar refractivity (Wildman–Crippen MR) is 76.7 cm³/mol. The van der Waals surface area contributed by atoms with E-state index < -0.39 is 0 Å². The first-order chi connectivity index (χ1) is 8.63. The standard InChI is InChI=1S/C15H24N2O/c1-4-5-9-12(2)16-13(3)15(18)17-14-10-7-6-8-11-14/h6-8,10-13,16H,4-5,9H2,1-3H3,(H,17,18). The molecule has 0 saturated heterocycles. The lowest BCUT2D eigenvalue weighted by Gasteiger charge is -2.19. The van der Waals surface area contributed by atoms with Gasteiger partial charge in [0.1, 0.15) is 0 Å². The van der Waals surface area contributed by atoms with E-state index in [4.69, 9.17) is 0 Å². The topological polar surface area (TPSA) is 41.1 Å². The van der Waals surface area contributed by atoms with Gasteiger partial charge in [0.15, 0.2) is 0 Å². The third kappa shape index (κ3) is 5.32. The Labute approximate surface area is 110 Å². The number of hydrogen-bond acceptors (Lipinski definition) is 2. The van der Waals surface area contributed by atoms with E-state index in [1.165, 1.54) is 12.8 Å². The van der Waals surface area contributed by atoms with Crippen LogP contribution in [-0.2, 0) is 4.79 Å². The minimum atomic E-state index is -0.169. The molecule has 0 bridgehead atoms. The molecule has 2 unspecified atom stereocenters. The smallest absolute Gasteiger partial charge is 0.241 e. The van der Waals surface area contributed by atoms with Gasteiger partial charge in [0.05, 0.1) is 6.04 Å². The molecule has 0 aromatic heterocycles. The maximum absolute atomic E-state index is 11.9. The molecule has 1 aromatic carbocycles. The molecule has 2 atom stereocenters. The molecule has 3 heteroatoms. The molecule has 1 amide bonds. The molecule has 2 N–H and O–H groups in total. The fraction of sp³-hybridized carbons (Fsp3) is 0.533. The fourth-order valence-electron chi connectivity index (χ4n) is 1.87. The van der Waals surface area contributed by atoms with Gasteiger partial charge in [0, 0.05) is 11.7 Å². The molecule has 0 spiro atoms. The highest BCUT2D eigenvalue weighted by atomic mass is 16.2. The molecule has 3 nitrogen and oxygen atoms in total. The van der Waals surface area contributed by atoms with E-state index >= 15 is 0 Å². The highest BCUT2D eigenvalue weighted by molar-refractivity contribution is 5.94. The Morgan fingerprint density at radius 1 is 1.22 bits per heavy atom. The van der Waals surface area contributed by atoms with Crippen molar-refractivity contribution in [2.24, 2.45) is 0 Å². The highest BCUT2D eigenvalue weighted by Gasteiger charge is 2.14. The number of anilines is 1. The molecule has 0 aliphatic carbocycles. The van der Waals surface area contributed by atoms with Crippen LogP contribution in [0.25, 0.3) is 0 Å². The number of rotatable bonds is 7. The first kappa shape index (κ1) is 14.7.